The zero-order valence-electron chi connectivity index (χ0n) is 17.7. The van der Waals surface area contributed by atoms with Crippen molar-refractivity contribution in [2.45, 2.75) is 56.8 Å². The van der Waals surface area contributed by atoms with Gasteiger partial charge in [0.2, 0.25) is 0 Å². The summed E-state index contributed by atoms with van der Waals surface area (Å²) in [7, 11) is 0. The van der Waals surface area contributed by atoms with E-state index < -0.39 is 30.7 Å². The van der Waals surface area contributed by atoms with Crippen LogP contribution in [0.25, 0.3) is 0 Å². The monoisotopic (exact) mass is 428 g/mol. The normalized spacial score (nSPS) is 25.9. The molecule has 6 heteroatoms. The van der Waals surface area contributed by atoms with Crippen molar-refractivity contribution in [3.8, 4) is 0 Å². The lowest BCUT2D eigenvalue weighted by atomic mass is 9.99. The third-order valence-corrected chi connectivity index (χ3v) is 5.16. The second-order valence-electron chi connectivity index (χ2n) is 7.59. The maximum atomic E-state index is 10.8. The van der Waals surface area contributed by atoms with Crippen LogP contribution in [0.1, 0.15) is 24.0 Å². The van der Waals surface area contributed by atoms with Crippen molar-refractivity contribution in [1.29, 1.82) is 0 Å². The van der Waals surface area contributed by atoms with E-state index in [9.17, 15) is 10.2 Å². The van der Waals surface area contributed by atoms with E-state index in [4.69, 9.17) is 18.9 Å². The first-order chi connectivity index (χ1) is 15.2. The number of allylic oxidation sites excluding steroid dienone is 1. The minimum atomic E-state index is -1.16. The average Bonchev–Trinajstić information content (AvgIpc) is 2.81. The fourth-order valence-corrected chi connectivity index (χ4v) is 3.42. The lowest BCUT2D eigenvalue weighted by molar-refractivity contribution is -0.313. The summed E-state index contributed by atoms with van der Waals surface area (Å²) in [5, 5.41) is 21.4. The van der Waals surface area contributed by atoms with Crippen LogP contribution in [0.3, 0.4) is 0 Å². The summed E-state index contributed by atoms with van der Waals surface area (Å²) in [4.78, 5) is 0. The Balaban J connectivity index is 1.59. The summed E-state index contributed by atoms with van der Waals surface area (Å²) < 4.78 is 23.5. The maximum Gasteiger partial charge on any atom is 0.186 e. The van der Waals surface area contributed by atoms with Crippen LogP contribution >= 0.6 is 0 Å². The van der Waals surface area contributed by atoms with E-state index in [1.54, 1.807) is 0 Å². The van der Waals surface area contributed by atoms with Gasteiger partial charge in [-0.15, -0.1) is 6.58 Å². The molecule has 2 aromatic rings. The van der Waals surface area contributed by atoms with Crippen molar-refractivity contribution < 1.29 is 29.2 Å². The molecular weight excluding hydrogens is 396 g/mol. The van der Waals surface area contributed by atoms with E-state index in [1.165, 1.54) is 0 Å². The van der Waals surface area contributed by atoms with Crippen LogP contribution in [0.5, 0.6) is 0 Å². The van der Waals surface area contributed by atoms with Gasteiger partial charge in [0, 0.05) is 0 Å². The van der Waals surface area contributed by atoms with Gasteiger partial charge < -0.3 is 29.2 Å². The van der Waals surface area contributed by atoms with Gasteiger partial charge in [-0.3, -0.25) is 0 Å². The molecule has 1 saturated heterocycles. The van der Waals surface area contributed by atoms with Crippen molar-refractivity contribution in [2.24, 2.45) is 0 Å². The molecule has 0 aliphatic carbocycles. The van der Waals surface area contributed by atoms with Gasteiger partial charge in [-0.1, -0.05) is 66.7 Å². The van der Waals surface area contributed by atoms with Gasteiger partial charge in [0.1, 0.15) is 24.4 Å². The first-order valence-electron chi connectivity index (χ1n) is 10.7. The number of unbranched alkanes of at least 4 members (excludes halogenated alkanes) is 1. The Hall–Kier alpha value is -2.06. The Morgan fingerprint density at radius 2 is 1.52 bits per heavy atom. The highest BCUT2D eigenvalue weighted by Crippen LogP contribution is 2.26. The lowest BCUT2D eigenvalue weighted by Crippen LogP contribution is -2.60. The third-order valence-electron chi connectivity index (χ3n) is 5.16. The Morgan fingerprint density at radius 3 is 2.16 bits per heavy atom. The minimum absolute atomic E-state index is 0.130. The molecule has 0 bridgehead atoms. The molecule has 0 saturated carbocycles. The molecule has 1 fully saturated rings. The van der Waals surface area contributed by atoms with Crippen molar-refractivity contribution >= 4 is 0 Å². The molecule has 2 N–H and O–H groups in total. The minimum Gasteiger partial charge on any atom is -0.387 e. The molecule has 3 rings (SSSR count). The summed E-state index contributed by atoms with van der Waals surface area (Å²) in [6, 6.07) is 19.4. The largest absolute Gasteiger partial charge is 0.387 e. The number of hydrogen-bond acceptors (Lipinski definition) is 6. The van der Waals surface area contributed by atoms with E-state index in [-0.39, 0.29) is 13.2 Å². The number of benzene rings is 2. The Labute approximate surface area is 184 Å². The van der Waals surface area contributed by atoms with Crippen LogP contribution in [0.2, 0.25) is 0 Å². The molecule has 168 valence electrons. The SMILES string of the molecule is C=CCCCO[C@@H]1O[C@H](COCc2ccccc2)[C@@H](O)[C@H](O)[C@H]1OCc1ccccc1. The Morgan fingerprint density at radius 1 is 0.871 bits per heavy atom. The fourth-order valence-electron chi connectivity index (χ4n) is 3.42. The third kappa shape index (κ3) is 7.25. The molecule has 1 aliphatic heterocycles. The Kier molecular flexibility index (Phi) is 9.68. The molecule has 31 heavy (non-hydrogen) atoms. The molecule has 5 atom stereocenters. The fraction of sp³-hybridized carbons (Fsp3) is 0.440. The first-order valence-corrected chi connectivity index (χ1v) is 10.7. The molecular formula is C25H32O6. The predicted molar refractivity (Wildman–Crippen MR) is 117 cm³/mol. The Bertz CT molecular complexity index is 751. The summed E-state index contributed by atoms with van der Waals surface area (Å²) >= 11 is 0. The van der Waals surface area contributed by atoms with E-state index in [0.29, 0.717) is 13.2 Å². The van der Waals surface area contributed by atoms with Gasteiger partial charge in [-0.05, 0) is 24.0 Å². The quantitative estimate of drug-likeness (QED) is 0.399. The number of rotatable bonds is 12. The van der Waals surface area contributed by atoms with E-state index in [2.05, 4.69) is 6.58 Å². The zero-order chi connectivity index (χ0) is 21.9. The highest BCUT2D eigenvalue weighted by Gasteiger charge is 2.45. The highest BCUT2D eigenvalue weighted by molar-refractivity contribution is 5.14. The van der Waals surface area contributed by atoms with Gasteiger partial charge in [0.15, 0.2) is 6.29 Å². The molecule has 1 heterocycles. The van der Waals surface area contributed by atoms with E-state index in [1.807, 2.05) is 66.7 Å². The molecule has 0 spiro atoms. The van der Waals surface area contributed by atoms with Gasteiger partial charge in [-0.25, -0.2) is 0 Å². The topological polar surface area (TPSA) is 77.4 Å². The molecule has 0 aromatic heterocycles. The van der Waals surface area contributed by atoms with Crippen LogP contribution in [-0.2, 0) is 32.2 Å². The lowest BCUT2D eigenvalue weighted by Gasteiger charge is -2.42. The number of hydrogen-bond donors (Lipinski definition) is 2. The van der Waals surface area contributed by atoms with Crippen LogP contribution < -0.4 is 0 Å². The molecule has 0 amide bonds. The van der Waals surface area contributed by atoms with Crippen LogP contribution in [0.4, 0.5) is 0 Å². The standard InChI is InChI=1S/C25H32O6/c1-2-3-10-15-29-25-24(30-17-20-13-8-5-9-14-20)23(27)22(26)21(31-25)18-28-16-19-11-6-4-7-12-19/h2,4-9,11-14,21-27H,1,3,10,15-18H2/t21-,22-,23+,24-,25-/m1/s1. The van der Waals surface area contributed by atoms with Crippen LogP contribution in [0, 0.1) is 0 Å². The molecule has 0 radical (unpaired) electrons. The maximum absolute atomic E-state index is 10.8. The number of aliphatic hydroxyl groups is 2. The smallest absolute Gasteiger partial charge is 0.186 e. The van der Waals surface area contributed by atoms with Gasteiger partial charge in [-0.2, -0.15) is 0 Å². The summed E-state index contributed by atoms with van der Waals surface area (Å²) in [5.41, 5.74) is 1.98. The summed E-state index contributed by atoms with van der Waals surface area (Å²) in [6.07, 6.45) is -1.23. The van der Waals surface area contributed by atoms with Gasteiger partial charge in [0.05, 0.1) is 26.4 Å². The second-order valence-corrected chi connectivity index (χ2v) is 7.59. The average molecular weight is 429 g/mol. The highest BCUT2D eigenvalue weighted by atomic mass is 16.7. The van der Waals surface area contributed by atoms with Crippen molar-refractivity contribution in [3.63, 3.8) is 0 Å². The zero-order valence-corrected chi connectivity index (χ0v) is 17.7. The molecule has 6 nitrogen and oxygen atoms in total. The van der Waals surface area contributed by atoms with Crippen LogP contribution in [-0.4, -0.2) is 54.1 Å². The molecule has 2 aromatic carbocycles. The summed E-state index contributed by atoms with van der Waals surface area (Å²) in [5.74, 6) is 0. The predicted octanol–water partition coefficient (Wildman–Crippen LogP) is 3.22. The van der Waals surface area contributed by atoms with Crippen LogP contribution in [0.15, 0.2) is 73.3 Å². The van der Waals surface area contributed by atoms with E-state index >= 15 is 0 Å². The second kappa shape index (κ2) is 12.7. The van der Waals surface area contributed by atoms with Crippen molar-refractivity contribution in [2.75, 3.05) is 13.2 Å². The van der Waals surface area contributed by atoms with Crippen molar-refractivity contribution in [3.05, 3.63) is 84.4 Å². The first kappa shape index (κ1) is 23.6. The van der Waals surface area contributed by atoms with Gasteiger partial charge >= 0.3 is 0 Å². The van der Waals surface area contributed by atoms with Crippen molar-refractivity contribution in [1.82, 2.24) is 0 Å². The van der Waals surface area contributed by atoms with Gasteiger partial charge in [0.25, 0.3) is 0 Å². The molecule has 1 aliphatic rings. The number of aliphatic hydroxyl groups excluding tert-OH is 2. The summed E-state index contributed by atoms with van der Waals surface area (Å²) in [6.45, 7) is 4.95. The van der Waals surface area contributed by atoms with E-state index in [0.717, 1.165) is 24.0 Å². The number of ether oxygens (including phenoxy) is 4. The molecule has 0 unspecified atom stereocenters.